The molecule has 0 spiro atoms. The van der Waals surface area contributed by atoms with Gasteiger partial charge in [0.15, 0.2) is 0 Å². The Morgan fingerprint density at radius 2 is 1.24 bits per heavy atom. The fourth-order valence-electron chi connectivity index (χ4n) is 3.20. The first kappa shape index (κ1) is 37.0. The lowest BCUT2D eigenvalue weighted by molar-refractivity contribution is -0.125. The molecule has 3 amide bonds. The Morgan fingerprint density at radius 1 is 0.730 bits per heavy atom. The van der Waals surface area contributed by atoms with E-state index in [0.29, 0.717) is 57.8 Å². The molecule has 12 nitrogen and oxygen atoms in total. The van der Waals surface area contributed by atoms with Gasteiger partial charge in [-0.1, -0.05) is 20.3 Å². The van der Waals surface area contributed by atoms with Gasteiger partial charge in [0.25, 0.3) is 0 Å². The van der Waals surface area contributed by atoms with E-state index in [1.165, 1.54) is 12.8 Å². The van der Waals surface area contributed by atoms with Gasteiger partial charge in [0.05, 0.1) is 24.2 Å². The lowest BCUT2D eigenvalue weighted by atomic mass is 10.1. The SMILES string of the molecule is CCCC(C)NC.CCNC(CCNC(=O)C(C)NC)C(=O)NCCC(NC)C(=O)NCCC(N)C=O. The summed E-state index contributed by atoms with van der Waals surface area (Å²) in [5.41, 5.74) is 5.49. The number of rotatable bonds is 20. The number of carbonyl (C=O) groups is 4. The van der Waals surface area contributed by atoms with Crippen LogP contribution in [0.3, 0.4) is 0 Å². The molecule has 0 heterocycles. The highest BCUT2D eigenvalue weighted by Gasteiger charge is 2.20. The molecule has 0 aliphatic heterocycles. The Kier molecular flexibility index (Phi) is 24.3. The maximum atomic E-state index is 12.5. The van der Waals surface area contributed by atoms with Crippen LogP contribution in [0.2, 0.25) is 0 Å². The second kappa shape index (κ2) is 24.2. The number of hydrogen-bond acceptors (Lipinski definition) is 9. The summed E-state index contributed by atoms with van der Waals surface area (Å²) in [6.07, 6.45) is 4.44. The van der Waals surface area contributed by atoms with Gasteiger partial charge in [-0.15, -0.1) is 0 Å². The smallest absolute Gasteiger partial charge is 0.237 e. The van der Waals surface area contributed by atoms with E-state index in [-0.39, 0.29) is 23.8 Å². The van der Waals surface area contributed by atoms with E-state index in [0.717, 1.165) is 0 Å². The van der Waals surface area contributed by atoms with Crippen molar-refractivity contribution in [2.45, 2.75) is 90.0 Å². The van der Waals surface area contributed by atoms with Crippen LogP contribution in [-0.2, 0) is 19.2 Å². The predicted octanol–water partition coefficient (Wildman–Crippen LogP) is -1.40. The second-order valence-electron chi connectivity index (χ2n) is 8.98. The largest absolute Gasteiger partial charge is 0.355 e. The van der Waals surface area contributed by atoms with Crippen LogP contribution >= 0.6 is 0 Å². The lowest BCUT2D eigenvalue weighted by Crippen LogP contribution is -2.49. The zero-order valence-corrected chi connectivity index (χ0v) is 24.0. The minimum absolute atomic E-state index is 0.120. The normalized spacial score (nSPS) is 14.7. The molecule has 37 heavy (non-hydrogen) atoms. The standard InChI is InChI=1S/C19H39N7O4.C6H15N/c1-5-23-16(8-11-24-17(28)13(2)21-3)19(30)26-10-7-15(22-4)18(29)25-9-6-14(20)12-27;1-4-5-6(2)7-3/h12-16,21-23H,5-11,20H2,1-4H3,(H,24,28)(H,25,29)(H,26,30);6-7H,4-5H2,1-3H3. The molecule has 0 saturated heterocycles. The first-order valence-corrected chi connectivity index (χ1v) is 13.4. The van der Waals surface area contributed by atoms with Crippen molar-refractivity contribution in [1.29, 1.82) is 0 Å². The Hall–Kier alpha value is -2.12. The van der Waals surface area contributed by atoms with Crippen molar-refractivity contribution in [2.24, 2.45) is 5.73 Å². The Labute approximate surface area is 223 Å². The van der Waals surface area contributed by atoms with Crippen LogP contribution in [0.1, 0.15) is 59.8 Å². The predicted molar refractivity (Wildman–Crippen MR) is 149 cm³/mol. The van der Waals surface area contributed by atoms with E-state index in [9.17, 15) is 19.2 Å². The molecule has 218 valence electrons. The molecule has 0 fully saturated rings. The minimum Gasteiger partial charge on any atom is -0.355 e. The fourth-order valence-corrected chi connectivity index (χ4v) is 3.20. The summed E-state index contributed by atoms with van der Waals surface area (Å²) < 4.78 is 0. The first-order chi connectivity index (χ1) is 17.6. The molecule has 9 N–H and O–H groups in total. The topological polar surface area (TPSA) is 179 Å². The number of nitrogens with two attached hydrogens (primary N) is 1. The summed E-state index contributed by atoms with van der Waals surface area (Å²) in [5.74, 6) is -0.514. The van der Waals surface area contributed by atoms with Crippen LogP contribution in [0, 0.1) is 0 Å². The van der Waals surface area contributed by atoms with Gasteiger partial charge >= 0.3 is 0 Å². The average molecular weight is 531 g/mol. The van der Waals surface area contributed by atoms with Crippen molar-refractivity contribution in [3.05, 3.63) is 0 Å². The number of aldehydes is 1. The molecule has 12 heteroatoms. The quantitative estimate of drug-likeness (QED) is 0.0879. The maximum Gasteiger partial charge on any atom is 0.237 e. The van der Waals surface area contributed by atoms with Crippen LogP contribution in [0.25, 0.3) is 0 Å². The minimum atomic E-state index is -0.591. The molecule has 0 aromatic rings. The summed E-state index contributed by atoms with van der Waals surface area (Å²) in [7, 11) is 5.37. The monoisotopic (exact) mass is 530 g/mol. The van der Waals surface area contributed by atoms with Crippen molar-refractivity contribution >= 4 is 24.0 Å². The highest BCUT2D eigenvalue weighted by Crippen LogP contribution is 1.96. The number of likely N-dealkylation sites (N-methyl/N-ethyl adjacent to an activating group) is 3. The Balaban J connectivity index is 0. The van der Waals surface area contributed by atoms with E-state index in [2.05, 4.69) is 51.1 Å². The van der Waals surface area contributed by atoms with Crippen molar-refractivity contribution < 1.29 is 19.2 Å². The molecule has 0 saturated carbocycles. The van der Waals surface area contributed by atoms with E-state index in [1.807, 2.05) is 14.0 Å². The van der Waals surface area contributed by atoms with Crippen LogP contribution in [0.15, 0.2) is 0 Å². The van der Waals surface area contributed by atoms with E-state index >= 15 is 0 Å². The number of carbonyl (C=O) groups excluding carboxylic acids is 4. The van der Waals surface area contributed by atoms with Gasteiger partial charge in [-0.25, -0.2) is 0 Å². The van der Waals surface area contributed by atoms with Gasteiger partial charge in [0.1, 0.15) is 6.29 Å². The molecule has 0 aromatic carbocycles. The number of nitrogens with one attached hydrogen (secondary N) is 7. The summed E-state index contributed by atoms with van der Waals surface area (Å²) in [6, 6.07) is -1.10. The van der Waals surface area contributed by atoms with E-state index < -0.39 is 18.1 Å². The summed E-state index contributed by atoms with van der Waals surface area (Å²) in [5, 5.41) is 20.4. The second-order valence-corrected chi connectivity index (χ2v) is 8.98. The Bertz CT molecular complexity index is 623. The third kappa shape index (κ3) is 19.6. The van der Waals surface area contributed by atoms with Crippen LogP contribution in [-0.4, -0.2) is 102 Å². The maximum absolute atomic E-state index is 12.5. The molecule has 0 rings (SSSR count). The highest BCUT2D eigenvalue weighted by molar-refractivity contribution is 5.83. The summed E-state index contributed by atoms with van der Waals surface area (Å²) in [6.45, 7) is 9.68. The van der Waals surface area contributed by atoms with E-state index in [4.69, 9.17) is 5.73 Å². The number of hydrogen-bond donors (Lipinski definition) is 8. The van der Waals surface area contributed by atoms with Gasteiger partial charge in [0.2, 0.25) is 17.7 Å². The van der Waals surface area contributed by atoms with Crippen molar-refractivity contribution in [3.8, 4) is 0 Å². The van der Waals surface area contributed by atoms with Gasteiger partial charge in [0, 0.05) is 25.7 Å². The zero-order chi connectivity index (χ0) is 28.6. The van der Waals surface area contributed by atoms with Gasteiger partial charge < -0.3 is 47.7 Å². The van der Waals surface area contributed by atoms with Gasteiger partial charge in [-0.3, -0.25) is 14.4 Å². The molecular weight excluding hydrogens is 476 g/mol. The molecule has 5 atom stereocenters. The van der Waals surface area contributed by atoms with Crippen LogP contribution in [0.5, 0.6) is 0 Å². The van der Waals surface area contributed by atoms with E-state index in [1.54, 1.807) is 21.0 Å². The summed E-state index contributed by atoms with van der Waals surface area (Å²) >= 11 is 0. The fraction of sp³-hybridized carbons (Fsp3) is 0.840. The summed E-state index contributed by atoms with van der Waals surface area (Å²) in [4.78, 5) is 46.9. The third-order valence-electron chi connectivity index (χ3n) is 5.89. The molecule has 0 radical (unpaired) electrons. The van der Waals surface area contributed by atoms with Crippen molar-refractivity contribution in [1.82, 2.24) is 37.2 Å². The average Bonchev–Trinajstić information content (AvgIpc) is 2.89. The molecule has 0 bridgehead atoms. The highest BCUT2D eigenvalue weighted by atomic mass is 16.2. The van der Waals surface area contributed by atoms with Crippen molar-refractivity contribution in [2.75, 3.05) is 47.3 Å². The van der Waals surface area contributed by atoms with Gasteiger partial charge in [-0.2, -0.15) is 0 Å². The molecule has 0 aliphatic carbocycles. The first-order valence-electron chi connectivity index (χ1n) is 13.4. The molecule has 5 unspecified atom stereocenters. The van der Waals surface area contributed by atoms with Gasteiger partial charge in [-0.05, 0) is 67.2 Å². The van der Waals surface area contributed by atoms with Crippen LogP contribution < -0.4 is 43.0 Å². The lowest BCUT2D eigenvalue weighted by Gasteiger charge is -2.20. The number of amides is 3. The molecule has 0 aromatic heterocycles. The molecule has 0 aliphatic rings. The zero-order valence-electron chi connectivity index (χ0n) is 24.0. The van der Waals surface area contributed by atoms with Crippen LogP contribution in [0.4, 0.5) is 0 Å². The van der Waals surface area contributed by atoms with Crippen molar-refractivity contribution in [3.63, 3.8) is 0 Å². The Morgan fingerprint density at radius 3 is 1.68 bits per heavy atom. The third-order valence-corrected chi connectivity index (χ3v) is 5.89. The molecular formula is C25H54N8O4.